The van der Waals surface area contributed by atoms with Crippen LogP contribution < -0.4 is 19.6 Å². The summed E-state index contributed by atoms with van der Waals surface area (Å²) in [5, 5.41) is 4.02. The summed E-state index contributed by atoms with van der Waals surface area (Å²) >= 11 is 0. The predicted molar refractivity (Wildman–Crippen MR) is 96.8 cm³/mol. The number of amides is 1. The lowest BCUT2D eigenvalue weighted by Gasteiger charge is -2.15. The maximum Gasteiger partial charge on any atom is 0.271 e. The van der Waals surface area contributed by atoms with Gasteiger partial charge in [-0.2, -0.15) is 5.10 Å². The van der Waals surface area contributed by atoms with Crippen LogP contribution in [0.3, 0.4) is 0 Å². The largest absolute Gasteiger partial charge is 0.497 e. The minimum atomic E-state index is -0.329. The number of nitrogens with zero attached hydrogens (tertiary/aromatic N) is 1. The molecular weight excluding hydrogens is 320 g/mol. The van der Waals surface area contributed by atoms with Gasteiger partial charge >= 0.3 is 0 Å². The van der Waals surface area contributed by atoms with Crippen molar-refractivity contribution in [3.05, 3.63) is 53.6 Å². The van der Waals surface area contributed by atoms with Gasteiger partial charge in [-0.25, -0.2) is 5.43 Å². The molecule has 0 fully saturated rings. The number of hydrazone groups is 1. The van der Waals surface area contributed by atoms with Gasteiger partial charge in [0, 0.05) is 11.1 Å². The Hall–Kier alpha value is -3.02. The van der Waals surface area contributed by atoms with Crippen molar-refractivity contribution in [3.8, 4) is 17.2 Å². The third kappa shape index (κ3) is 4.97. The number of methoxy groups -OCH3 is 2. The highest BCUT2D eigenvalue weighted by molar-refractivity contribution is 5.95. The second kappa shape index (κ2) is 8.73. The molecule has 0 aliphatic rings. The summed E-state index contributed by atoms with van der Waals surface area (Å²) in [4.78, 5) is 12.2. The molecule has 132 valence electrons. The lowest BCUT2D eigenvalue weighted by molar-refractivity contribution is 0.0954. The van der Waals surface area contributed by atoms with E-state index in [1.165, 1.54) is 6.21 Å². The second-order valence-electron chi connectivity index (χ2n) is 5.48. The first-order valence-electron chi connectivity index (χ1n) is 7.86. The molecule has 2 aromatic carbocycles. The van der Waals surface area contributed by atoms with E-state index in [2.05, 4.69) is 10.5 Å². The molecule has 0 spiro atoms. The van der Waals surface area contributed by atoms with Crippen LogP contribution in [-0.2, 0) is 0 Å². The average molecular weight is 342 g/mol. The highest BCUT2D eigenvalue weighted by atomic mass is 16.5. The summed E-state index contributed by atoms with van der Waals surface area (Å²) in [6.45, 7) is 3.86. The van der Waals surface area contributed by atoms with E-state index in [9.17, 15) is 4.79 Å². The highest BCUT2D eigenvalue weighted by Crippen LogP contribution is 2.30. The summed E-state index contributed by atoms with van der Waals surface area (Å²) in [5.74, 6) is 1.47. The normalized spacial score (nSPS) is 10.8. The Labute approximate surface area is 147 Å². The molecule has 0 heterocycles. The Bertz CT molecular complexity index is 757. The number of carbonyl (C=O) groups excluding carboxylic acids is 1. The number of hydrogen-bond acceptors (Lipinski definition) is 5. The highest BCUT2D eigenvalue weighted by Gasteiger charge is 2.11. The third-order valence-corrected chi connectivity index (χ3v) is 3.28. The second-order valence-corrected chi connectivity index (χ2v) is 5.48. The Balaban J connectivity index is 2.14. The zero-order valence-electron chi connectivity index (χ0n) is 14.8. The molecule has 0 radical (unpaired) electrons. The van der Waals surface area contributed by atoms with Gasteiger partial charge in [0.2, 0.25) is 0 Å². The van der Waals surface area contributed by atoms with E-state index in [1.807, 2.05) is 32.0 Å². The van der Waals surface area contributed by atoms with Crippen molar-refractivity contribution in [1.82, 2.24) is 5.43 Å². The van der Waals surface area contributed by atoms with Crippen LogP contribution in [-0.4, -0.2) is 32.4 Å². The molecule has 6 heteroatoms. The summed E-state index contributed by atoms with van der Waals surface area (Å²) in [6.07, 6.45) is 1.51. The molecule has 6 nitrogen and oxygen atoms in total. The third-order valence-electron chi connectivity index (χ3n) is 3.28. The fourth-order valence-corrected chi connectivity index (χ4v) is 2.15. The van der Waals surface area contributed by atoms with Gasteiger partial charge in [-0.1, -0.05) is 12.1 Å². The van der Waals surface area contributed by atoms with Crippen LogP contribution in [0.1, 0.15) is 29.8 Å². The van der Waals surface area contributed by atoms with Gasteiger partial charge in [-0.05, 0) is 44.2 Å². The van der Waals surface area contributed by atoms with E-state index >= 15 is 0 Å². The quantitative estimate of drug-likeness (QED) is 0.619. The molecule has 25 heavy (non-hydrogen) atoms. The average Bonchev–Trinajstić information content (AvgIpc) is 2.62. The van der Waals surface area contributed by atoms with Crippen LogP contribution >= 0.6 is 0 Å². The van der Waals surface area contributed by atoms with Gasteiger partial charge in [-0.3, -0.25) is 4.79 Å². The molecule has 0 aromatic heterocycles. The van der Waals surface area contributed by atoms with Crippen LogP contribution in [0.25, 0.3) is 0 Å². The molecule has 1 N–H and O–H groups in total. The smallest absolute Gasteiger partial charge is 0.271 e. The van der Waals surface area contributed by atoms with Gasteiger partial charge in [0.05, 0.1) is 26.5 Å². The Kier molecular flexibility index (Phi) is 6.39. The van der Waals surface area contributed by atoms with Crippen LogP contribution in [0.15, 0.2) is 47.6 Å². The van der Waals surface area contributed by atoms with Crippen molar-refractivity contribution < 1.29 is 19.0 Å². The van der Waals surface area contributed by atoms with Crippen LogP contribution in [0.4, 0.5) is 0 Å². The molecule has 1 amide bonds. The van der Waals surface area contributed by atoms with Gasteiger partial charge in [-0.15, -0.1) is 0 Å². The number of nitrogens with one attached hydrogen (secondary N) is 1. The Morgan fingerprint density at radius 2 is 1.88 bits per heavy atom. The van der Waals surface area contributed by atoms with Crippen LogP contribution in [0, 0.1) is 0 Å². The lowest BCUT2D eigenvalue weighted by Crippen LogP contribution is -2.17. The summed E-state index contributed by atoms with van der Waals surface area (Å²) in [6, 6.07) is 12.3. The minimum Gasteiger partial charge on any atom is -0.497 e. The summed E-state index contributed by atoms with van der Waals surface area (Å²) in [7, 11) is 3.13. The summed E-state index contributed by atoms with van der Waals surface area (Å²) in [5.41, 5.74) is 3.66. The Morgan fingerprint density at radius 3 is 2.56 bits per heavy atom. The number of para-hydroxylation sites is 1. The zero-order chi connectivity index (χ0) is 18.2. The van der Waals surface area contributed by atoms with Crippen molar-refractivity contribution in [3.63, 3.8) is 0 Å². The standard InChI is InChI=1S/C19H22N2O4/c1-13(2)25-18-15(8-6-10-17(18)24-4)12-20-21-19(22)14-7-5-9-16(11-14)23-3/h5-13H,1-4H3,(H,21,22)/b20-12+. The van der Waals surface area contributed by atoms with Gasteiger partial charge < -0.3 is 14.2 Å². The van der Waals surface area contributed by atoms with Gasteiger partial charge in [0.15, 0.2) is 11.5 Å². The maximum atomic E-state index is 12.2. The predicted octanol–water partition coefficient (Wildman–Crippen LogP) is 3.25. The van der Waals surface area contributed by atoms with E-state index in [-0.39, 0.29) is 12.0 Å². The zero-order valence-corrected chi connectivity index (χ0v) is 14.8. The van der Waals surface area contributed by atoms with Crippen molar-refractivity contribution in [1.29, 1.82) is 0 Å². The fourth-order valence-electron chi connectivity index (χ4n) is 2.15. The molecular formula is C19H22N2O4. The number of carbonyl (C=O) groups is 1. The van der Waals surface area contributed by atoms with Crippen molar-refractivity contribution in [2.45, 2.75) is 20.0 Å². The molecule has 0 unspecified atom stereocenters. The van der Waals surface area contributed by atoms with Crippen molar-refractivity contribution in [2.24, 2.45) is 5.10 Å². The molecule has 0 aliphatic heterocycles. The first-order valence-corrected chi connectivity index (χ1v) is 7.86. The molecule has 0 aliphatic carbocycles. The first kappa shape index (κ1) is 18.3. The number of hydrogen-bond donors (Lipinski definition) is 1. The van der Waals surface area contributed by atoms with Crippen molar-refractivity contribution in [2.75, 3.05) is 14.2 Å². The monoisotopic (exact) mass is 342 g/mol. The lowest BCUT2D eigenvalue weighted by atomic mass is 10.2. The van der Waals surface area contributed by atoms with E-state index in [4.69, 9.17) is 14.2 Å². The van der Waals surface area contributed by atoms with Crippen LogP contribution in [0.5, 0.6) is 17.2 Å². The fraction of sp³-hybridized carbons (Fsp3) is 0.263. The van der Waals surface area contributed by atoms with E-state index in [1.54, 1.807) is 38.5 Å². The van der Waals surface area contributed by atoms with Crippen LogP contribution in [0.2, 0.25) is 0 Å². The van der Waals surface area contributed by atoms with E-state index in [0.717, 1.165) is 0 Å². The molecule has 0 saturated carbocycles. The maximum absolute atomic E-state index is 12.2. The summed E-state index contributed by atoms with van der Waals surface area (Å²) < 4.78 is 16.2. The number of benzene rings is 2. The molecule has 2 aromatic rings. The topological polar surface area (TPSA) is 69.2 Å². The van der Waals surface area contributed by atoms with Gasteiger partial charge in [0.25, 0.3) is 5.91 Å². The SMILES string of the molecule is COc1cccc(C(=O)N/N=C/c2cccc(OC)c2OC(C)C)c1. The number of rotatable bonds is 7. The minimum absolute atomic E-state index is 0.0187. The number of ether oxygens (including phenoxy) is 3. The molecule has 0 saturated heterocycles. The van der Waals surface area contributed by atoms with E-state index < -0.39 is 0 Å². The molecule has 0 bridgehead atoms. The first-order chi connectivity index (χ1) is 12.0. The molecule has 0 atom stereocenters. The molecule has 2 rings (SSSR count). The van der Waals surface area contributed by atoms with Gasteiger partial charge in [0.1, 0.15) is 5.75 Å². The van der Waals surface area contributed by atoms with E-state index in [0.29, 0.717) is 28.4 Å². The van der Waals surface area contributed by atoms with Crippen molar-refractivity contribution >= 4 is 12.1 Å². The Morgan fingerprint density at radius 1 is 1.12 bits per heavy atom.